The number of nitrogens with zero attached hydrogens (tertiary/aromatic N) is 1. The summed E-state index contributed by atoms with van der Waals surface area (Å²) >= 11 is 0. The number of hydrogen-bond acceptors (Lipinski definition) is 4. The van der Waals surface area contributed by atoms with Crippen molar-refractivity contribution in [3.05, 3.63) is 47.2 Å². The molecule has 1 saturated heterocycles. The zero-order valence-corrected chi connectivity index (χ0v) is 14.7. The van der Waals surface area contributed by atoms with Crippen molar-refractivity contribution in [1.29, 1.82) is 5.41 Å². The number of rotatable bonds is 3. The number of hydrogen-bond donors (Lipinski definition) is 3. The molecule has 0 unspecified atom stereocenters. The zero-order chi connectivity index (χ0) is 18.1. The van der Waals surface area contributed by atoms with Crippen LogP contribution in [-0.2, 0) is 4.79 Å². The Hall–Kier alpha value is -2.14. The van der Waals surface area contributed by atoms with Gasteiger partial charge in [0.1, 0.15) is 0 Å². The van der Waals surface area contributed by atoms with Crippen LogP contribution in [0.1, 0.15) is 44.2 Å². The molecule has 1 fully saturated rings. The molecule has 1 amide bonds. The highest BCUT2D eigenvalue weighted by Gasteiger charge is 2.24. The predicted molar refractivity (Wildman–Crippen MR) is 96.5 cm³/mol. The molecule has 5 heteroatoms. The first-order valence-corrected chi connectivity index (χ1v) is 8.34. The Morgan fingerprint density at radius 1 is 1.17 bits per heavy atom. The zero-order valence-electron chi connectivity index (χ0n) is 14.7. The van der Waals surface area contributed by atoms with E-state index >= 15 is 0 Å². The third kappa shape index (κ3) is 6.16. The average Bonchev–Trinajstić information content (AvgIpc) is 2.56. The number of amides is 1. The fourth-order valence-corrected chi connectivity index (χ4v) is 2.37. The largest absolute Gasteiger partial charge is 0.515 e. The number of likely N-dealkylation sites (tertiary alicyclic amines) is 1. The van der Waals surface area contributed by atoms with Crippen LogP contribution in [0, 0.1) is 12.3 Å². The fraction of sp³-hybridized carbons (Fsp3) is 0.474. The molecule has 132 valence electrons. The van der Waals surface area contributed by atoms with Gasteiger partial charge in [-0.15, -0.1) is 0 Å². The highest BCUT2D eigenvalue weighted by molar-refractivity contribution is 6.26. The van der Waals surface area contributed by atoms with Gasteiger partial charge in [-0.3, -0.25) is 10.2 Å². The Morgan fingerprint density at radius 3 is 2.12 bits per heavy atom. The van der Waals surface area contributed by atoms with Crippen LogP contribution in [0.15, 0.2) is 36.1 Å². The monoisotopic (exact) mass is 332 g/mol. The molecule has 1 aromatic carbocycles. The minimum absolute atomic E-state index is 0.0655. The van der Waals surface area contributed by atoms with Gasteiger partial charge in [-0.2, -0.15) is 0 Å². The number of nitrogens with one attached hydrogen (secondary N) is 1. The van der Waals surface area contributed by atoms with Crippen molar-refractivity contribution in [2.75, 3.05) is 13.1 Å². The molecule has 5 nitrogen and oxygen atoms in total. The van der Waals surface area contributed by atoms with Crippen LogP contribution in [0.5, 0.6) is 0 Å². The summed E-state index contributed by atoms with van der Waals surface area (Å²) in [6.45, 7) is 6.82. The number of aryl methyl sites for hydroxylation is 1. The van der Waals surface area contributed by atoms with E-state index in [4.69, 9.17) is 10.5 Å². The highest BCUT2D eigenvalue weighted by Crippen LogP contribution is 2.16. The Morgan fingerprint density at radius 2 is 1.67 bits per heavy atom. The van der Waals surface area contributed by atoms with E-state index in [0.717, 1.165) is 31.1 Å². The first kappa shape index (κ1) is 19.9. The van der Waals surface area contributed by atoms with Crippen molar-refractivity contribution in [3.8, 4) is 0 Å². The second kappa shape index (κ2) is 9.88. The van der Waals surface area contributed by atoms with E-state index in [-0.39, 0.29) is 23.3 Å². The molecule has 3 N–H and O–H groups in total. The maximum Gasteiger partial charge on any atom is 0.259 e. The number of piperidine rings is 1. The quantitative estimate of drug-likeness (QED) is 0.451. The molecule has 0 aliphatic carbocycles. The van der Waals surface area contributed by atoms with Crippen LogP contribution >= 0.6 is 0 Å². The molecule has 0 bridgehead atoms. The van der Waals surface area contributed by atoms with Gasteiger partial charge >= 0.3 is 0 Å². The maximum absolute atomic E-state index is 12.4. The van der Waals surface area contributed by atoms with Crippen molar-refractivity contribution >= 4 is 11.6 Å². The summed E-state index contributed by atoms with van der Waals surface area (Å²) in [4.78, 5) is 14.1. The highest BCUT2D eigenvalue weighted by atomic mass is 16.3. The molecule has 24 heavy (non-hydrogen) atoms. The van der Waals surface area contributed by atoms with Gasteiger partial charge in [0, 0.05) is 24.8 Å². The molecule has 2 rings (SSSR count). The smallest absolute Gasteiger partial charge is 0.259 e. The van der Waals surface area contributed by atoms with Gasteiger partial charge in [-0.25, -0.2) is 0 Å². The first-order valence-electron chi connectivity index (χ1n) is 8.34. The van der Waals surface area contributed by atoms with Gasteiger partial charge in [0.15, 0.2) is 0 Å². The molecule has 0 radical (unpaired) electrons. The minimum atomic E-state index is -0.252. The molecule has 1 aromatic rings. The summed E-state index contributed by atoms with van der Waals surface area (Å²) < 4.78 is 0. The summed E-state index contributed by atoms with van der Waals surface area (Å²) in [5.74, 6) is -0.252. The summed E-state index contributed by atoms with van der Waals surface area (Å²) in [5, 5.41) is 25.5. The second-order valence-corrected chi connectivity index (χ2v) is 6.23. The number of aliphatic hydroxyl groups excluding tert-OH is 2. The first-order chi connectivity index (χ1) is 11.4. The van der Waals surface area contributed by atoms with Crippen LogP contribution in [0.3, 0.4) is 0 Å². The summed E-state index contributed by atoms with van der Waals surface area (Å²) in [7, 11) is 0. The molecule has 0 aromatic heterocycles. The summed E-state index contributed by atoms with van der Waals surface area (Å²) in [6, 6.07) is 7.38. The van der Waals surface area contributed by atoms with Crippen molar-refractivity contribution in [2.24, 2.45) is 0 Å². The number of carbonyl (C=O) groups excluding carboxylic acids is 1. The van der Waals surface area contributed by atoms with Crippen molar-refractivity contribution in [1.82, 2.24) is 4.90 Å². The average molecular weight is 332 g/mol. The molecular formula is C19H28N2O3. The number of aliphatic hydroxyl groups is 2. The molecule has 0 atom stereocenters. The topological polar surface area (TPSA) is 84.6 Å². The van der Waals surface area contributed by atoms with Crippen LogP contribution in [0.2, 0.25) is 0 Å². The van der Waals surface area contributed by atoms with Gasteiger partial charge < -0.3 is 15.1 Å². The minimum Gasteiger partial charge on any atom is -0.515 e. The third-order valence-corrected chi connectivity index (χ3v) is 3.61. The fourth-order valence-electron chi connectivity index (χ4n) is 2.37. The third-order valence-electron chi connectivity index (χ3n) is 3.61. The van der Waals surface area contributed by atoms with Crippen molar-refractivity contribution in [3.63, 3.8) is 0 Å². The van der Waals surface area contributed by atoms with Crippen molar-refractivity contribution in [2.45, 2.75) is 46.1 Å². The normalized spacial score (nSPS) is 14.9. The Labute approximate surface area is 144 Å². The van der Waals surface area contributed by atoms with E-state index in [1.807, 2.05) is 19.1 Å². The van der Waals surface area contributed by atoms with E-state index in [2.05, 4.69) is 0 Å². The van der Waals surface area contributed by atoms with Gasteiger partial charge in [0.2, 0.25) is 0 Å². The molecular weight excluding hydrogens is 304 g/mol. The van der Waals surface area contributed by atoms with Crippen LogP contribution < -0.4 is 0 Å². The van der Waals surface area contributed by atoms with Gasteiger partial charge in [0.05, 0.1) is 17.5 Å². The lowest BCUT2D eigenvalue weighted by Gasteiger charge is -2.27. The van der Waals surface area contributed by atoms with Crippen molar-refractivity contribution < 1.29 is 15.0 Å². The van der Waals surface area contributed by atoms with Gasteiger partial charge in [0.25, 0.3) is 5.91 Å². The lowest BCUT2D eigenvalue weighted by Crippen LogP contribution is -2.38. The SMILES string of the molecule is CC(C)O.Cc1ccc(C(=N)/C(=C\O)C(=O)N2CCCCC2)cc1. The molecule has 1 aliphatic rings. The second-order valence-electron chi connectivity index (χ2n) is 6.23. The van der Waals surface area contributed by atoms with Crippen LogP contribution in [-0.4, -0.2) is 45.9 Å². The van der Waals surface area contributed by atoms with Crippen LogP contribution in [0.4, 0.5) is 0 Å². The lowest BCUT2D eigenvalue weighted by molar-refractivity contribution is -0.127. The van der Waals surface area contributed by atoms with E-state index in [0.29, 0.717) is 18.7 Å². The molecule has 0 spiro atoms. The van der Waals surface area contributed by atoms with E-state index in [9.17, 15) is 9.90 Å². The summed E-state index contributed by atoms with van der Waals surface area (Å²) in [5.41, 5.74) is 1.87. The molecule has 0 saturated carbocycles. The van der Waals surface area contributed by atoms with Crippen LogP contribution in [0.25, 0.3) is 0 Å². The maximum atomic E-state index is 12.4. The molecule has 1 heterocycles. The molecule has 1 aliphatic heterocycles. The predicted octanol–water partition coefficient (Wildman–Crippen LogP) is 3.20. The van der Waals surface area contributed by atoms with E-state index in [1.54, 1.807) is 30.9 Å². The Kier molecular flexibility index (Phi) is 8.19. The Bertz CT molecular complexity index is 568. The van der Waals surface area contributed by atoms with Gasteiger partial charge in [-0.1, -0.05) is 29.8 Å². The Balaban J connectivity index is 0.000000648. The van der Waals surface area contributed by atoms with E-state index in [1.165, 1.54) is 0 Å². The van der Waals surface area contributed by atoms with Gasteiger partial charge in [-0.05, 0) is 40.0 Å². The standard InChI is InChI=1S/C16H20N2O2.C3H8O/c1-12-5-7-13(8-6-12)15(17)14(11-19)16(20)18-9-3-2-4-10-18;1-3(2)4/h5-8,11,17,19H,2-4,9-10H2,1H3;3-4H,1-2H3/b14-11+,17-15?;. The van der Waals surface area contributed by atoms with E-state index < -0.39 is 0 Å². The summed E-state index contributed by atoms with van der Waals surface area (Å²) in [6.07, 6.45) is 3.71. The number of benzene rings is 1. The number of carbonyl (C=O) groups is 1. The lowest BCUT2D eigenvalue weighted by atomic mass is 10.0.